The molecule has 2 rings (SSSR count). The molecule has 1 aromatic heterocycles. The molecule has 0 aliphatic heterocycles. The number of hydrogen-bond acceptors (Lipinski definition) is 1. The van der Waals surface area contributed by atoms with Gasteiger partial charge < -0.3 is 10.1 Å². The van der Waals surface area contributed by atoms with Gasteiger partial charge in [-0.15, -0.1) is 0 Å². The Morgan fingerprint density at radius 1 is 1.29 bits per heavy atom. The van der Waals surface area contributed by atoms with Gasteiger partial charge in [-0.25, -0.2) is 0 Å². The van der Waals surface area contributed by atoms with Crippen LogP contribution in [0.1, 0.15) is 23.7 Å². The Morgan fingerprint density at radius 2 is 2.00 bits per heavy atom. The molecule has 2 nitrogen and oxygen atoms in total. The van der Waals surface area contributed by atoms with Crippen molar-refractivity contribution in [3.63, 3.8) is 0 Å². The summed E-state index contributed by atoms with van der Waals surface area (Å²) in [5.74, 6) is 0.381. The zero-order chi connectivity index (χ0) is 10.3. The first-order chi connectivity index (χ1) is 6.65. The largest absolute Gasteiger partial charge is 0.507 e. The van der Waals surface area contributed by atoms with Crippen LogP contribution in [0.3, 0.4) is 0 Å². The molecule has 14 heavy (non-hydrogen) atoms. The van der Waals surface area contributed by atoms with Gasteiger partial charge in [0.2, 0.25) is 0 Å². The van der Waals surface area contributed by atoms with Crippen LogP contribution in [-0.2, 0) is 6.42 Å². The molecule has 2 heteroatoms. The van der Waals surface area contributed by atoms with Crippen molar-refractivity contribution in [2.24, 2.45) is 0 Å². The summed E-state index contributed by atoms with van der Waals surface area (Å²) in [5.41, 5.74) is 4.63. The monoisotopic (exact) mass is 189 g/mol. The lowest BCUT2D eigenvalue weighted by molar-refractivity contribution is 0.481. The second kappa shape index (κ2) is 3.05. The molecule has 0 radical (unpaired) electrons. The number of nitrogens with one attached hydrogen (secondary N) is 1. The molecule has 1 heterocycles. The molecule has 2 N–H and O–H groups in total. The molecule has 0 bridgehead atoms. The zero-order valence-corrected chi connectivity index (χ0v) is 8.81. The topological polar surface area (TPSA) is 36.0 Å². The van der Waals surface area contributed by atoms with Crippen LogP contribution < -0.4 is 0 Å². The van der Waals surface area contributed by atoms with Crippen molar-refractivity contribution in [1.29, 1.82) is 0 Å². The molecule has 0 aliphatic rings. The van der Waals surface area contributed by atoms with E-state index in [1.807, 2.05) is 6.07 Å². The van der Waals surface area contributed by atoms with E-state index >= 15 is 0 Å². The van der Waals surface area contributed by atoms with Gasteiger partial charge >= 0.3 is 0 Å². The van der Waals surface area contributed by atoms with Crippen LogP contribution in [0, 0.1) is 13.8 Å². The van der Waals surface area contributed by atoms with E-state index in [9.17, 15) is 5.11 Å². The molecule has 0 spiro atoms. The van der Waals surface area contributed by atoms with Crippen LogP contribution in [-0.4, -0.2) is 10.1 Å². The number of rotatable bonds is 1. The normalized spacial score (nSPS) is 11.1. The maximum atomic E-state index is 9.80. The lowest BCUT2D eigenvalue weighted by atomic mass is 10.1. The molecular formula is C12H15NO. The number of fused-ring (bicyclic) bond motifs is 1. The van der Waals surface area contributed by atoms with Gasteiger partial charge in [-0.2, -0.15) is 0 Å². The molecule has 0 aliphatic carbocycles. The van der Waals surface area contributed by atoms with Gasteiger partial charge in [0.05, 0.1) is 5.52 Å². The number of aromatic hydroxyl groups is 1. The Hall–Kier alpha value is -1.44. The van der Waals surface area contributed by atoms with Crippen molar-refractivity contribution in [2.45, 2.75) is 27.2 Å². The quantitative estimate of drug-likeness (QED) is 0.710. The highest BCUT2D eigenvalue weighted by atomic mass is 16.3. The smallest absolute Gasteiger partial charge is 0.125 e. The van der Waals surface area contributed by atoms with Gasteiger partial charge in [0.25, 0.3) is 0 Å². The Bertz CT molecular complexity index is 483. The molecule has 0 atom stereocenters. The van der Waals surface area contributed by atoms with Crippen molar-refractivity contribution < 1.29 is 5.11 Å². The second-order valence-electron chi connectivity index (χ2n) is 3.73. The third-order valence-corrected chi connectivity index (χ3v) is 2.81. The molecule has 0 fully saturated rings. The zero-order valence-electron chi connectivity index (χ0n) is 8.81. The summed E-state index contributed by atoms with van der Waals surface area (Å²) >= 11 is 0. The molecule has 2 aromatic rings. The van der Waals surface area contributed by atoms with Crippen molar-refractivity contribution in [3.05, 3.63) is 29.0 Å². The van der Waals surface area contributed by atoms with E-state index in [1.54, 1.807) is 6.07 Å². The van der Waals surface area contributed by atoms with Crippen LogP contribution in [0.25, 0.3) is 10.9 Å². The Kier molecular flexibility index (Phi) is 1.99. The summed E-state index contributed by atoms with van der Waals surface area (Å²) in [6.07, 6.45) is 0.947. The van der Waals surface area contributed by atoms with Gasteiger partial charge in [-0.1, -0.05) is 13.0 Å². The van der Waals surface area contributed by atoms with Gasteiger partial charge in [-0.05, 0) is 37.5 Å². The molecular weight excluding hydrogens is 174 g/mol. The minimum absolute atomic E-state index is 0.381. The summed E-state index contributed by atoms with van der Waals surface area (Å²) in [5, 5.41) is 10.8. The highest BCUT2D eigenvalue weighted by Gasteiger charge is 2.11. The third kappa shape index (κ3) is 1.10. The Morgan fingerprint density at radius 3 is 2.64 bits per heavy atom. The maximum absolute atomic E-state index is 9.80. The summed E-state index contributed by atoms with van der Waals surface area (Å²) in [7, 11) is 0. The van der Waals surface area contributed by atoms with E-state index in [2.05, 4.69) is 25.8 Å². The highest BCUT2D eigenvalue weighted by Crippen LogP contribution is 2.32. The third-order valence-electron chi connectivity index (χ3n) is 2.81. The summed E-state index contributed by atoms with van der Waals surface area (Å²) in [6, 6.07) is 3.71. The predicted molar refractivity (Wildman–Crippen MR) is 58.8 cm³/mol. The van der Waals surface area contributed by atoms with E-state index in [-0.39, 0.29) is 0 Å². The lowest BCUT2D eigenvalue weighted by Gasteiger charge is -2.00. The summed E-state index contributed by atoms with van der Waals surface area (Å²) in [4.78, 5) is 3.33. The fraction of sp³-hybridized carbons (Fsp3) is 0.333. The van der Waals surface area contributed by atoms with Crippen molar-refractivity contribution in [2.75, 3.05) is 0 Å². The number of aromatic amines is 1. The first-order valence-electron chi connectivity index (χ1n) is 4.94. The number of phenolic OH excluding ortho intramolecular Hbond substituents is 1. The van der Waals surface area contributed by atoms with Crippen LogP contribution >= 0.6 is 0 Å². The maximum Gasteiger partial charge on any atom is 0.125 e. The Labute approximate surface area is 83.6 Å². The molecule has 0 amide bonds. The van der Waals surface area contributed by atoms with Crippen molar-refractivity contribution >= 4 is 10.9 Å². The highest BCUT2D eigenvalue weighted by molar-refractivity contribution is 5.92. The Balaban J connectivity index is 2.93. The van der Waals surface area contributed by atoms with Gasteiger partial charge in [0.1, 0.15) is 5.75 Å². The van der Waals surface area contributed by atoms with Crippen LogP contribution in [0.2, 0.25) is 0 Å². The number of hydrogen-bond donors (Lipinski definition) is 2. The van der Waals surface area contributed by atoms with E-state index in [0.29, 0.717) is 5.75 Å². The van der Waals surface area contributed by atoms with E-state index in [1.165, 1.54) is 11.1 Å². The fourth-order valence-electron chi connectivity index (χ4n) is 2.05. The minimum atomic E-state index is 0.381. The number of H-pyrrole nitrogens is 1. The minimum Gasteiger partial charge on any atom is -0.507 e. The van der Waals surface area contributed by atoms with E-state index in [0.717, 1.165) is 23.0 Å². The van der Waals surface area contributed by atoms with Crippen LogP contribution in [0.15, 0.2) is 12.1 Å². The number of aryl methyl sites for hydroxylation is 3. The SMILES string of the molecule is CCc1c(C)[nH]c2c(C)ccc(O)c12. The van der Waals surface area contributed by atoms with Crippen molar-refractivity contribution in [3.8, 4) is 5.75 Å². The fourth-order valence-corrected chi connectivity index (χ4v) is 2.05. The molecule has 74 valence electrons. The molecule has 0 saturated carbocycles. The predicted octanol–water partition coefficient (Wildman–Crippen LogP) is 3.05. The standard InChI is InChI=1S/C12H15NO/c1-4-9-8(3)13-12-7(2)5-6-10(14)11(9)12/h5-6,13-14H,4H2,1-3H3. The first kappa shape index (κ1) is 9.13. The van der Waals surface area contributed by atoms with E-state index < -0.39 is 0 Å². The molecule has 0 unspecified atom stereocenters. The van der Waals surface area contributed by atoms with Gasteiger partial charge in [0.15, 0.2) is 0 Å². The van der Waals surface area contributed by atoms with Crippen molar-refractivity contribution in [1.82, 2.24) is 4.98 Å². The average molecular weight is 189 g/mol. The molecule has 0 saturated heterocycles. The number of phenols is 1. The summed E-state index contributed by atoms with van der Waals surface area (Å²) < 4.78 is 0. The van der Waals surface area contributed by atoms with Gasteiger partial charge in [-0.3, -0.25) is 0 Å². The molecule has 1 aromatic carbocycles. The first-order valence-corrected chi connectivity index (χ1v) is 4.94. The van der Waals surface area contributed by atoms with E-state index in [4.69, 9.17) is 0 Å². The average Bonchev–Trinajstić information content (AvgIpc) is 2.50. The van der Waals surface area contributed by atoms with Crippen LogP contribution in [0.5, 0.6) is 5.75 Å². The summed E-state index contributed by atoms with van der Waals surface area (Å²) in [6.45, 7) is 6.21. The van der Waals surface area contributed by atoms with Gasteiger partial charge in [0, 0.05) is 11.1 Å². The van der Waals surface area contributed by atoms with Crippen LogP contribution in [0.4, 0.5) is 0 Å². The lowest BCUT2D eigenvalue weighted by Crippen LogP contribution is -1.81. The number of benzene rings is 1. The number of aromatic nitrogens is 1. The second-order valence-corrected chi connectivity index (χ2v) is 3.73.